The van der Waals surface area contributed by atoms with Gasteiger partial charge in [0, 0.05) is 24.4 Å². The molecule has 63 heavy (non-hydrogen) atoms. The number of fused-ring (bicyclic) bond motifs is 1. The quantitative estimate of drug-likeness (QED) is 0.0241. The summed E-state index contributed by atoms with van der Waals surface area (Å²) in [6, 6.07) is 25.1. The van der Waals surface area contributed by atoms with Crippen molar-refractivity contribution in [3.8, 4) is 5.75 Å². The Morgan fingerprint density at radius 3 is 1.83 bits per heavy atom. The van der Waals surface area contributed by atoms with Gasteiger partial charge in [0.25, 0.3) is 26.0 Å². The zero-order valence-electron chi connectivity index (χ0n) is 36.9. The monoisotopic (exact) mass is 897 g/mol. The molecule has 5 aromatic rings. The van der Waals surface area contributed by atoms with E-state index in [0.29, 0.717) is 28.7 Å². The highest BCUT2D eigenvalue weighted by Crippen LogP contribution is 2.38. The Bertz CT molecular complexity index is 2530. The number of phenolic OH excluding ortho intramolecular Hbond substituents is 1. The van der Waals surface area contributed by atoms with E-state index in [1.165, 1.54) is 120 Å². The van der Waals surface area contributed by atoms with Crippen molar-refractivity contribution >= 4 is 65.3 Å². The molecule has 1 amide bonds. The third-order valence-corrected chi connectivity index (χ3v) is 13.5. The minimum atomic E-state index is -4.60. The Labute approximate surface area is 374 Å². The molecule has 0 heterocycles. The summed E-state index contributed by atoms with van der Waals surface area (Å²) >= 11 is 0. The Hall–Kier alpha value is -5.31. The summed E-state index contributed by atoms with van der Waals surface area (Å²) < 4.78 is 62.9. The van der Waals surface area contributed by atoms with Crippen molar-refractivity contribution in [3.05, 3.63) is 108 Å². The Morgan fingerprint density at radius 2 is 1.22 bits per heavy atom. The number of carbonyl (C=O) groups excluding carboxylic acids is 1. The molecule has 0 fully saturated rings. The van der Waals surface area contributed by atoms with Crippen LogP contribution < -0.4 is 14.9 Å². The zero-order valence-corrected chi connectivity index (χ0v) is 38.5. The van der Waals surface area contributed by atoms with Crippen molar-refractivity contribution in [3.63, 3.8) is 0 Å². The highest BCUT2D eigenvalue weighted by Gasteiger charge is 2.22. The van der Waals surface area contributed by atoms with Crippen LogP contribution in [0.1, 0.15) is 126 Å². The van der Waals surface area contributed by atoms with Gasteiger partial charge in [-0.2, -0.15) is 13.5 Å². The maximum absolute atomic E-state index is 14.0. The molecule has 12 nitrogen and oxygen atoms in total. The van der Waals surface area contributed by atoms with Crippen LogP contribution >= 0.6 is 0 Å². The SMILES string of the molecule is CCCCCCCCCCCCCCCCCCN(C)c1ccc(S(=O)(=O)O)cc1NC(=O)c1cc(N=Nc2cccc(NS(=O)(=O)c3ccc(C)cc3)c2)c2ccccc2c1O. The molecule has 4 N–H and O–H groups in total. The topological polar surface area (TPSA) is 178 Å². The lowest BCUT2D eigenvalue weighted by Crippen LogP contribution is -2.22. The molecule has 0 aliphatic rings. The van der Waals surface area contributed by atoms with Gasteiger partial charge in [-0.05, 0) is 67.9 Å². The lowest BCUT2D eigenvalue weighted by Gasteiger charge is -2.23. The largest absolute Gasteiger partial charge is 0.506 e. The number of aryl methyl sites for hydroxylation is 1. The minimum absolute atomic E-state index is 0.111. The van der Waals surface area contributed by atoms with Crippen LogP contribution in [-0.4, -0.2) is 46.0 Å². The van der Waals surface area contributed by atoms with Crippen LogP contribution in [-0.2, 0) is 20.1 Å². The highest BCUT2D eigenvalue weighted by molar-refractivity contribution is 7.92. The molecule has 338 valence electrons. The lowest BCUT2D eigenvalue weighted by atomic mass is 10.0. The van der Waals surface area contributed by atoms with Crippen molar-refractivity contribution in [1.29, 1.82) is 0 Å². The van der Waals surface area contributed by atoms with Crippen LogP contribution in [0.25, 0.3) is 10.8 Å². The molecule has 0 saturated heterocycles. The molecule has 0 unspecified atom stereocenters. The number of amides is 1. The first-order chi connectivity index (χ1) is 30.3. The van der Waals surface area contributed by atoms with Gasteiger partial charge >= 0.3 is 0 Å². The number of nitrogens with zero attached hydrogens (tertiary/aromatic N) is 3. The van der Waals surface area contributed by atoms with Gasteiger partial charge in [-0.15, -0.1) is 5.11 Å². The van der Waals surface area contributed by atoms with Crippen LogP contribution in [0.4, 0.5) is 28.4 Å². The van der Waals surface area contributed by atoms with Crippen molar-refractivity contribution in [2.24, 2.45) is 10.2 Å². The van der Waals surface area contributed by atoms with E-state index in [9.17, 15) is 31.3 Å². The molecular weight excluding hydrogens is 835 g/mol. The number of unbranched alkanes of at least 4 members (excludes halogenated alkanes) is 15. The molecule has 0 radical (unpaired) electrons. The summed E-state index contributed by atoms with van der Waals surface area (Å²) in [6.07, 6.45) is 20.2. The number of rotatable bonds is 26. The number of anilines is 3. The van der Waals surface area contributed by atoms with Crippen molar-refractivity contribution < 1.29 is 31.3 Å². The number of azo groups is 1. The Balaban J connectivity index is 1.23. The van der Waals surface area contributed by atoms with Crippen LogP contribution in [0.15, 0.2) is 117 Å². The summed E-state index contributed by atoms with van der Waals surface area (Å²) in [5.41, 5.74) is 2.28. The third kappa shape index (κ3) is 14.9. The smallest absolute Gasteiger partial charge is 0.294 e. The van der Waals surface area contributed by atoms with Gasteiger partial charge in [-0.25, -0.2) is 8.42 Å². The first-order valence-electron chi connectivity index (χ1n) is 22.3. The summed E-state index contributed by atoms with van der Waals surface area (Å²) in [5.74, 6) is -1.06. The number of nitrogens with one attached hydrogen (secondary N) is 2. The Morgan fingerprint density at radius 1 is 0.651 bits per heavy atom. The molecule has 5 rings (SSSR count). The average molecular weight is 898 g/mol. The standard InChI is InChI=1S/C49H63N5O7S2/c1-4-5-6-7-8-9-10-11-12-13-14-15-16-17-18-21-33-54(3)47-32-31-41(63(59,60)61)35-46(47)50-49(56)44-36-45(42-25-19-20-26-43(42)48(44)55)52-51-38-23-22-24-39(34-38)53-62(57,58)40-29-27-37(2)28-30-40/h19-20,22-32,34-36,53,55H,4-18,21,33H2,1-3H3,(H,50,56)(H,59,60,61). The molecule has 0 spiro atoms. The number of carbonyl (C=O) groups is 1. The van der Waals surface area contributed by atoms with Gasteiger partial charge in [0.05, 0.1) is 43.8 Å². The minimum Gasteiger partial charge on any atom is -0.506 e. The number of phenols is 1. The van der Waals surface area contributed by atoms with E-state index < -0.39 is 30.9 Å². The second kappa shape index (κ2) is 23.9. The summed E-state index contributed by atoms with van der Waals surface area (Å²) in [7, 11) is -6.61. The average Bonchev–Trinajstić information content (AvgIpc) is 3.25. The fourth-order valence-electron chi connectivity index (χ4n) is 7.59. The van der Waals surface area contributed by atoms with Gasteiger partial charge in [0.2, 0.25) is 0 Å². The van der Waals surface area contributed by atoms with Crippen molar-refractivity contribution in [2.45, 2.75) is 126 Å². The van der Waals surface area contributed by atoms with Gasteiger partial charge < -0.3 is 15.3 Å². The summed E-state index contributed by atoms with van der Waals surface area (Å²) in [5, 5.41) is 23.8. The maximum Gasteiger partial charge on any atom is 0.294 e. The first-order valence-corrected chi connectivity index (χ1v) is 25.2. The van der Waals surface area contributed by atoms with E-state index in [1.54, 1.807) is 60.7 Å². The van der Waals surface area contributed by atoms with Crippen LogP contribution in [0, 0.1) is 6.92 Å². The molecule has 0 aliphatic heterocycles. The molecule has 0 aromatic heterocycles. The highest BCUT2D eigenvalue weighted by atomic mass is 32.2. The number of benzene rings is 5. The zero-order chi connectivity index (χ0) is 45.2. The van der Waals surface area contributed by atoms with E-state index >= 15 is 0 Å². The molecular formula is C49H63N5O7S2. The van der Waals surface area contributed by atoms with Gasteiger partial charge in [-0.1, -0.05) is 151 Å². The van der Waals surface area contributed by atoms with Crippen LogP contribution in [0.3, 0.4) is 0 Å². The van der Waals surface area contributed by atoms with E-state index in [-0.39, 0.29) is 33.3 Å². The predicted octanol–water partition coefficient (Wildman–Crippen LogP) is 13.3. The fourth-order valence-corrected chi connectivity index (χ4v) is 9.14. The van der Waals surface area contributed by atoms with E-state index in [1.807, 2.05) is 18.9 Å². The summed E-state index contributed by atoms with van der Waals surface area (Å²) in [6.45, 7) is 4.77. The number of hydrogen-bond donors (Lipinski definition) is 4. The number of hydrogen-bond acceptors (Lipinski definition) is 9. The Kier molecular flexibility index (Phi) is 18.5. The van der Waals surface area contributed by atoms with Crippen molar-refractivity contribution in [1.82, 2.24) is 0 Å². The van der Waals surface area contributed by atoms with E-state index in [0.717, 1.165) is 24.8 Å². The molecule has 0 atom stereocenters. The maximum atomic E-state index is 14.0. The third-order valence-electron chi connectivity index (χ3n) is 11.2. The molecule has 0 aliphatic carbocycles. The molecule has 14 heteroatoms. The number of aromatic hydroxyl groups is 1. The van der Waals surface area contributed by atoms with E-state index in [2.05, 4.69) is 27.2 Å². The first kappa shape index (κ1) is 48.7. The molecule has 5 aromatic carbocycles. The van der Waals surface area contributed by atoms with Gasteiger partial charge in [0.1, 0.15) is 5.75 Å². The number of sulfonamides is 1. The predicted molar refractivity (Wildman–Crippen MR) is 255 cm³/mol. The van der Waals surface area contributed by atoms with Crippen LogP contribution in [0.2, 0.25) is 0 Å². The second-order valence-electron chi connectivity index (χ2n) is 16.3. The second-order valence-corrected chi connectivity index (χ2v) is 19.4. The normalized spacial score (nSPS) is 11.9. The fraction of sp³-hybridized carbons (Fsp3) is 0.408. The van der Waals surface area contributed by atoms with E-state index in [4.69, 9.17) is 0 Å². The van der Waals surface area contributed by atoms with Crippen LogP contribution in [0.5, 0.6) is 5.75 Å². The summed E-state index contributed by atoms with van der Waals surface area (Å²) in [4.78, 5) is 15.7. The molecule has 0 bridgehead atoms. The van der Waals surface area contributed by atoms with Gasteiger partial charge in [-0.3, -0.25) is 14.1 Å². The molecule has 0 saturated carbocycles. The lowest BCUT2D eigenvalue weighted by molar-refractivity contribution is 0.102. The van der Waals surface area contributed by atoms with Gasteiger partial charge in [0.15, 0.2) is 0 Å². The van der Waals surface area contributed by atoms with Crippen molar-refractivity contribution in [2.75, 3.05) is 28.5 Å².